The van der Waals surface area contributed by atoms with Gasteiger partial charge in [0.25, 0.3) is 0 Å². The molecule has 0 aliphatic carbocycles. The van der Waals surface area contributed by atoms with E-state index in [9.17, 15) is 4.79 Å². The fourth-order valence-electron chi connectivity index (χ4n) is 1.29. The lowest BCUT2D eigenvalue weighted by atomic mass is 10.1. The van der Waals surface area contributed by atoms with Crippen LogP contribution in [0.15, 0.2) is 24.3 Å². The Bertz CT molecular complexity index is 217. The maximum absolute atomic E-state index is 11.2. The summed E-state index contributed by atoms with van der Waals surface area (Å²) in [6.07, 6.45) is 9.05. The van der Waals surface area contributed by atoms with Gasteiger partial charge in [0.2, 0.25) is 0 Å². The van der Waals surface area contributed by atoms with Crippen LogP contribution < -0.4 is 0 Å². The van der Waals surface area contributed by atoms with E-state index in [0.29, 0.717) is 6.61 Å². The fourth-order valence-corrected chi connectivity index (χ4v) is 1.29. The van der Waals surface area contributed by atoms with Crippen LogP contribution in [0.1, 0.15) is 46.0 Å². The molecule has 0 unspecified atom stereocenters. The number of esters is 1. The minimum Gasteiger partial charge on any atom is -0.458 e. The number of carbonyl (C=O) groups excluding carboxylic acids is 1. The van der Waals surface area contributed by atoms with Gasteiger partial charge in [0.15, 0.2) is 0 Å². The number of unbranched alkanes of at least 4 members (excludes halogenated alkanes) is 3. The first-order chi connectivity index (χ1) is 7.20. The van der Waals surface area contributed by atoms with E-state index in [-0.39, 0.29) is 5.97 Å². The van der Waals surface area contributed by atoms with Crippen LogP contribution in [-0.4, -0.2) is 12.6 Å². The third-order valence-electron chi connectivity index (χ3n) is 2.13. The minimum absolute atomic E-state index is 0.261. The molecule has 0 fully saturated rings. The van der Waals surface area contributed by atoms with Crippen molar-refractivity contribution in [2.24, 2.45) is 0 Å². The van der Waals surface area contributed by atoms with Crippen molar-refractivity contribution in [2.75, 3.05) is 6.61 Å². The first-order valence-corrected chi connectivity index (χ1v) is 5.65. The predicted molar refractivity (Wildman–Crippen MR) is 63.7 cm³/mol. The highest BCUT2D eigenvalue weighted by Crippen LogP contribution is 2.09. The molecule has 0 aromatic heterocycles. The summed E-state index contributed by atoms with van der Waals surface area (Å²) in [4.78, 5) is 11.2. The molecule has 0 atom stereocenters. The molecule has 0 radical (unpaired) electrons. The zero-order valence-electron chi connectivity index (χ0n) is 9.92. The number of allylic oxidation sites excluding steroid dienone is 1. The summed E-state index contributed by atoms with van der Waals surface area (Å²) < 4.78 is 4.86. The molecule has 15 heavy (non-hydrogen) atoms. The van der Waals surface area contributed by atoms with Crippen LogP contribution in [0.3, 0.4) is 0 Å². The number of rotatable bonds is 8. The Morgan fingerprint density at radius 3 is 2.67 bits per heavy atom. The van der Waals surface area contributed by atoms with Gasteiger partial charge in [-0.25, -0.2) is 4.79 Å². The van der Waals surface area contributed by atoms with E-state index < -0.39 is 0 Å². The lowest BCUT2D eigenvalue weighted by molar-refractivity contribution is -0.136. The Labute approximate surface area is 93.0 Å². The van der Waals surface area contributed by atoms with Gasteiger partial charge in [-0.05, 0) is 19.8 Å². The number of hydrogen-bond acceptors (Lipinski definition) is 2. The molecule has 0 heterocycles. The highest BCUT2D eigenvalue weighted by atomic mass is 16.5. The first kappa shape index (κ1) is 13.9. The highest BCUT2D eigenvalue weighted by molar-refractivity contribution is 5.82. The van der Waals surface area contributed by atoms with Crippen molar-refractivity contribution in [2.45, 2.75) is 46.0 Å². The lowest BCUT2D eigenvalue weighted by Gasteiger charge is -2.01. The van der Waals surface area contributed by atoms with Gasteiger partial charge in [-0.15, -0.1) is 0 Å². The molecule has 2 nitrogen and oxygen atoms in total. The van der Waals surface area contributed by atoms with E-state index in [0.717, 1.165) is 18.4 Å². The second kappa shape index (κ2) is 9.50. The summed E-state index contributed by atoms with van der Waals surface area (Å²) >= 11 is 0. The Hall–Kier alpha value is -1.05. The van der Waals surface area contributed by atoms with Crippen LogP contribution in [0.5, 0.6) is 0 Å². The number of ether oxygens (including phenoxy) is 1. The zero-order valence-corrected chi connectivity index (χ0v) is 9.92. The van der Waals surface area contributed by atoms with E-state index >= 15 is 0 Å². The van der Waals surface area contributed by atoms with Gasteiger partial charge in [-0.3, -0.25) is 0 Å². The van der Waals surface area contributed by atoms with Gasteiger partial charge in [0.1, 0.15) is 6.61 Å². The quantitative estimate of drug-likeness (QED) is 0.265. The topological polar surface area (TPSA) is 26.3 Å². The van der Waals surface area contributed by atoms with Crippen LogP contribution in [0.4, 0.5) is 0 Å². The molecular weight excluding hydrogens is 188 g/mol. The normalized spacial score (nSPS) is 11.2. The smallest absolute Gasteiger partial charge is 0.330 e. The Morgan fingerprint density at radius 1 is 1.33 bits per heavy atom. The zero-order chi connectivity index (χ0) is 11.5. The molecule has 0 aliphatic rings. The third-order valence-corrected chi connectivity index (χ3v) is 2.13. The summed E-state index contributed by atoms with van der Waals surface area (Å²) in [5, 5.41) is 0. The van der Waals surface area contributed by atoms with Crippen LogP contribution in [-0.2, 0) is 9.53 Å². The molecule has 0 N–H and O–H groups in total. The molecule has 0 saturated carbocycles. The van der Waals surface area contributed by atoms with Crippen LogP contribution in [0, 0.1) is 0 Å². The van der Waals surface area contributed by atoms with E-state index in [2.05, 4.69) is 13.5 Å². The monoisotopic (exact) mass is 210 g/mol. The van der Waals surface area contributed by atoms with E-state index in [1.54, 1.807) is 12.2 Å². The van der Waals surface area contributed by atoms with Crippen molar-refractivity contribution in [3.05, 3.63) is 24.3 Å². The van der Waals surface area contributed by atoms with Crippen LogP contribution in [0.2, 0.25) is 0 Å². The third kappa shape index (κ3) is 9.26. The minimum atomic E-state index is -0.261. The number of carbonyl (C=O) groups is 1. The molecular formula is C13H22O2. The predicted octanol–water partition coefficient (Wildman–Crippen LogP) is 3.63. The molecule has 0 spiro atoms. The molecule has 0 bridgehead atoms. The lowest BCUT2D eigenvalue weighted by Crippen LogP contribution is -2.01. The van der Waals surface area contributed by atoms with Crippen molar-refractivity contribution in [3.63, 3.8) is 0 Å². The average molecular weight is 210 g/mol. The SMILES string of the molecule is C=CCOC(=O)C=C(C)CCCCCC. The molecule has 0 aromatic carbocycles. The van der Waals surface area contributed by atoms with Gasteiger partial charge in [0.05, 0.1) is 0 Å². The van der Waals surface area contributed by atoms with Crippen molar-refractivity contribution in [3.8, 4) is 0 Å². The van der Waals surface area contributed by atoms with Gasteiger partial charge in [-0.2, -0.15) is 0 Å². The van der Waals surface area contributed by atoms with E-state index in [1.807, 2.05) is 6.92 Å². The average Bonchev–Trinajstić information content (AvgIpc) is 2.21. The summed E-state index contributed by atoms with van der Waals surface area (Å²) in [5.74, 6) is -0.261. The van der Waals surface area contributed by atoms with Crippen molar-refractivity contribution in [1.82, 2.24) is 0 Å². The summed E-state index contributed by atoms with van der Waals surface area (Å²) in [6.45, 7) is 7.94. The van der Waals surface area contributed by atoms with Crippen molar-refractivity contribution in [1.29, 1.82) is 0 Å². The number of hydrogen-bond donors (Lipinski definition) is 0. The largest absolute Gasteiger partial charge is 0.458 e. The molecule has 0 amide bonds. The molecule has 0 aromatic rings. The van der Waals surface area contributed by atoms with E-state index in [4.69, 9.17) is 4.74 Å². The van der Waals surface area contributed by atoms with Crippen molar-refractivity contribution >= 4 is 5.97 Å². The summed E-state index contributed by atoms with van der Waals surface area (Å²) in [7, 11) is 0. The second-order valence-corrected chi connectivity index (χ2v) is 3.72. The molecule has 2 heteroatoms. The van der Waals surface area contributed by atoms with Gasteiger partial charge in [-0.1, -0.05) is 44.4 Å². The van der Waals surface area contributed by atoms with Gasteiger partial charge < -0.3 is 4.74 Å². The maximum Gasteiger partial charge on any atom is 0.330 e. The molecule has 0 saturated heterocycles. The highest BCUT2D eigenvalue weighted by Gasteiger charge is 1.98. The fraction of sp³-hybridized carbons (Fsp3) is 0.615. The van der Waals surface area contributed by atoms with E-state index in [1.165, 1.54) is 19.3 Å². The van der Waals surface area contributed by atoms with Crippen LogP contribution in [0.25, 0.3) is 0 Å². The molecule has 86 valence electrons. The van der Waals surface area contributed by atoms with Crippen molar-refractivity contribution < 1.29 is 9.53 Å². The standard InChI is InChI=1S/C13H22O2/c1-4-6-7-8-9-12(3)11-13(14)15-10-5-2/h5,11H,2,4,6-10H2,1,3H3. The first-order valence-electron chi connectivity index (χ1n) is 5.65. The maximum atomic E-state index is 11.2. The Kier molecular flexibility index (Phi) is 8.84. The second-order valence-electron chi connectivity index (χ2n) is 3.72. The Morgan fingerprint density at radius 2 is 2.07 bits per heavy atom. The van der Waals surface area contributed by atoms with Crippen LogP contribution >= 0.6 is 0 Å². The summed E-state index contributed by atoms with van der Waals surface area (Å²) in [6, 6.07) is 0. The van der Waals surface area contributed by atoms with Gasteiger partial charge >= 0.3 is 5.97 Å². The Balaban J connectivity index is 3.66. The summed E-state index contributed by atoms with van der Waals surface area (Å²) in [5.41, 5.74) is 1.10. The van der Waals surface area contributed by atoms with Gasteiger partial charge in [0, 0.05) is 6.08 Å². The molecule has 0 rings (SSSR count). The molecule has 0 aliphatic heterocycles.